The summed E-state index contributed by atoms with van der Waals surface area (Å²) in [5, 5.41) is 1.42. The van der Waals surface area contributed by atoms with E-state index in [1.54, 1.807) is 0 Å². The second-order valence-corrected chi connectivity index (χ2v) is 6.05. The Morgan fingerprint density at radius 1 is 1.17 bits per heavy atom. The zero-order valence-corrected chi connectivity index (χ0v) is 11.8. The number of benzene rings is 1. The van der Waals surface area contributed by atoms with Crippen molar-refractivity contribution in [1.29, 1.82) is 0 Å². The van der Waals surface area contributed by atoms with Crippen molar-refractivity contribution < 1.29 is 4.79 Å². The summed E-state index contributed by atoms with van der Waals surface area (Å²) in [6, 6.07) is 4.40. The van der Waals surface area contributed by atoms with Gasteiger partial charge in [0.05, 0.1) is 15.7 Å². The van der Waals surface area contributed by atoms with E-state index in [2.05, 4.69) is 4.90 Å². The normalized spacial score (nSPS) is 26.8. The standard InChI is InChI=1S/C14H15Cl2NO/c1-8-2-5-12(15)14(13(8)16)17-9-3-4-10(17)7-11(18)6-9/h2,5,9-10H,3-4,6-7H2,1H3. The average Bonchev–Trinajstić information content (AvgIpc) is 2.58. The molecule has 0 aliphatic carbocycles. The van der Waals surface area contributed by atoms with Crippen LogP contribution in [-0.4, -0.2) is 17.9 Å². The SMILES string of the molecule is Cc1ccc(Cl)c(N2C3CCC2CC(=O)C3)c1Cl. The van der Waals surface area contributed by atoms with Crippen LogP contribution in [-0.2, 0) is 4.79 Å². The van der Waals surface area contributed by atoms with Crippen LogP contribution in [0.15, 0.2) is 12.1 Å². The summed E-state index contributed by atoms with van der Waals surface area (Å²) in [6.45, 7) is 1.99. The Kier molecular flexibility index (Phi) is 3.03. The number of Topliss-reactive ketones (excluding diaryl/α,β-unsaturated/α-hetero) is 1. The van der Waals surface area contributed by atoms with Crippen molar-refractivity contribution in [2.45, 2.75) is 44.7 Å². The summed E-state index contributed by atoms with van der Waals surface area (Å²) in [5.41, 5.74) is 1.96. The van der Waals surface area contributed by atoms with Crippen LogP contribution in [0.3, 0.4) is 0 Å². The highest BCUT2D eigenvalue weighted by Crippen LogP contribution is 2.45. The van der Waals surface area contributed by atoms with E-state index in [0.717, 1.165) is 29.1 Å². The second kappa shape index (κ2) is 4.43. The number of hydrogen-bond donors (Lipinski definition) is 0. The molecule has 2 fully saturated rings. The lowest BCUT2D eigenvalue weighted by Crippen LogP contribution is -2.43. The third-order valence-corrected chi connectivity index (χ3v) is 4.85. The highest BCUT2D eigenvalue weighted by Gasteiger charge is 2.41. The number of rotatable bonds is 1. The Labute approximate surface area is 117 Å². The van der Waals surface area contributed by atoms with E-state index in [4.69, 9.17) is 23.2 Å². The molecule has 2 bridgehead atoms. The van der Waals surface area contributed by atoms with Gasteiger partial charge in [0.25, 0.3) is 0 Å². The van der Waals surface area contributed by atoms with Crippen LogP contribution < -0.4 is 4.90 Å². The average molecular weight is 284 g/mol. The number of piperidine rings is 1. The number of carbonyl (C=O) groups excluding carboxylic acids is 1. The summed E-state index contributed by atoms with van der Waals surface area (Å²) in [4.78, 5) is 13.9. The van der Waals surface area contributed by atoms with Gasteiger partial charge in [0.15, 0.2) is 0 Å². The summed E-state index contributed by atoms with van der Waals surface area (Å²) in [7, 11) is 0. The van der Waals surface area contributed by atoms with Crippen molar-refractivity contribution in [1.82, 2.24) is 0 Å². The lowest BCUT2D eigenvalue weighted by atomic mass is 10.00. The van der Waals surface area contributed by atoms with E-state index in [-0.39, 0.29) is 12.1 Å². The van der Waals surface area contributed by atoms with Crippen LogP contribution >= 0.6 is 23.2 Å². The van der Waals surface area contributed by atoms with Gasteiger partial charge >= 0.3 is 0 Å². The molecule has 3 rings (SSSR count). The van der Waals surface area contributed by atoms with Gasteiger partial charge in [-0.1, -0.05) is 29.3 Å². The van der Waals surface area contributed by atoms with E-state index in [1.807, 2.05) is 19.1 Å². The lowest BCUT2D eigenvalue weighted by molar-refractivity contribution is -0.120. The van der Waals surface area contributed by atoms with Crippen LogP contribution in [0, 0.1) is 6.92 Å². The highest BCUT2D eigenvalue weighted by molar-refractivity contribution is 6.39. The number of halogens is 2. The van der Waals surface area contributed by atoms with Crippen LogP contribution in [0.5, 0.6) is 0 Å². The minimum absolute atomic E-state index is 0.285. The lowest BCUT2D eigenvalue weighted by Gasteiger charge is -2.37. The number of anilines is 1. The number of aryl methyl sites for hydroxylation is 1. The Balaban J connectivity index is 2.06. The molecule has 0 radical (unpaired) electrons. The molecule has 2 unspecified atom stereocenters. The number of carbonyl (C=O) groups is 1. The Morgan fingerprint density at radius 2 is 1.78 bits per heavy atom. The maximum Gasteiger partial charge on any atom is 0.137 e. The molecule has 2 heterocycles. The van der Waals surface area contributed by atoms with Gasteiger partial charge in [-0.05, 0) is 31.4 Å². The molecule has 0 N–H and O–H groups in total. The molecule has 0 spiro atoms. The molecular weight excluding hydrogens is 269 g/mol. The summed E-state index contributed by atoms with van der Waals surface area (Å²) in [6.07, 6.45) is 3.40. The fourth-order valence-electron chi connectivity index (χ4n) is 3.21. The molecule has 18 heavy (non-hydrogen) atoms. The maximum absolute atomic E-state index is 11.6. The Bertz CT molecular complexity index is 499. The van der Waals surface area contributed by atoms with Crippen molar-refractivity contribution >= 4 is 34.7 Å². The van der Waals surface area contributed by atoms with E-state index in [9.17, 15) is 4.79 Å². The van der Waals surface area contributed by atoms with Gasteiger partial charge in [-0.3, -0.25) is 4.79 Å². The quantitative estimate of drug-likeness (QED) is 0.776. The summed E-state index contributed by atoms with van der Waals surface area (Å²) < 4.78 is 0. The van der Waals surface area contributed by atoms with E-state index in [0.29, 0.717) is 23.6 Å². The number of hydrogen-bond acceptors (Lipinski definition) is 2. The largest absolute Gasteiger partial charge is 0.362 e. The zero-order chi connectivity index (χ0) is 12.9. The molecule has 1 aromatic rings. The van der Waals surface area contributed by atoms with Gasteiger partial charge in [-0.2, -0.15) is 0 Å². The fourth-order valence-corrected chi connectivity index (χ4v) is 3.78. The number of nitrogens with zero attached hydrogens (tertiary/aromatic N) is 1. The van der Waals surface area contributed by atoms with Crippen LogP contribution in [0.4, 0.5) is 5.69 Å². The van der Waals surface area contributed by atoms with Crippen LogP contribution in [0.25, 0.3) is 0 Å². The predicted molar refractivity (Wildman–Crippen MR) is 74.7 cm³/mol. The molecule has 2 aliphatic rings. The van der Waals surface area contributed by atoms with Crippen LogP contribution in [0.1, 0.15) is 31.2 Å². The molecule has 0 amide bonds. The van der Waals surface area contributed by atoms with Crippen LogP contribution in [0.2, 0.25) is 10.0 Å². The zero-order valence-electron chi connectivity index (χ0n) is 10.2. The third-order valence-electron chi connectivity index (χ3n) is 4.06. The Morgan fingerprint density at radius 3 is 2.39 bits per heavy atom. The summed E-state index contributed by atoms with van der Waals surface area (Å²) in [5.74, 6) is 0.374. The van der Waals surface area contributed by atoms with Crippen molar-refractivity contribution in [3.05, 3.63) is 27.7 Å². The van der Waals surface area contributed by atoms with E-state index < -0.39 is 0 Å². The van der Waals surface area contributed by atoms with Crippen molar-refractivity contribution in [2.24, 2.45) is 0 Å². The van der Waals surface area contributed by atoms with Crippen molar-refractivity contribution in [3.8, 4) is 0 Å². The molecule has 2 atom stereocenters. The Hall–Kier alpha value is -0.730. The predicted octanol–water partition coefficient (Wildman–Crippen LogP) is 4.00. The highest BCUT2D eigenvalue weighted by atomic mass is 35.5. The minimum atomic E-state index is 0.285. The second-order valence-electron chi connectivity index (χ2n) is 5.27. The first kappa shape index (κ1) is 12.3. The van der Waals surface area contributed by atoms with Gasteiger partial charge in [0, 0.05) is 24.9 Å². The van der Waals surface area contributed by atoms with Gasteiger partial charge < -0.3 is 4.90 Å². The molecule has 1 aromatic carbocycles. The van der Waals surface area contributed by atoms with Crippen molar-refractivity contribution in [3.63, 3.8) is 0 Å². The fraction of sp³-hybridized carbons (Fsp3) is 0.500. The van der Waals surface area contributed by atoms with E-state index in [1.165, 1.54) is 0 Å². The van der Waals surface area contributed by atoms with Gasteiger partial charge in [0.2, 0.25) is 0 Å². The van der Waals surface area contributed by atoms with Crippen molar-refractivity contribution in [2.75, 3.05) is 4.90 Å². The molecule has 0 saturated carbocycles. The molecule has 2 saturated heterocycles. The van der Waals surface area contributed by atoms with Gasteiger partial charge in [-0.25, -0.2) is 0 Å². The smallest absolute Gasteiger partial charge is 0.137 e. The number of ketones is 1. The topological polar surface area (TPSA) is 20.3 Å². The molecule has 4 heteroatoms. The van der Waals surface area contributed by atoms with Gasteiger partial charge in [0.1, 0.15) is 5.78 Å². The van der Waals surface area contributed by atoms with E-state index >= 15 is 0 Å². The minimum Gasteiger partial charge on any atom is -0.362 e. The first-order valence-corrected chi connectivity index (χ1v) is 7.08. The molecule has 2 aliphatic heterocycles. The molecular formula is C14H15Cl2NO. The first-order chi connectivity index (χ1) is 8.58. The van der Waals surface area contributed by atoms with Gasteiger partial charge in [-0.15, -0.1) is 0 Å². The summed E-state index contributed by atoms with van der Waals surface area (Å²) >= 11 is 12.7. The number of fused-ring (bicyclic) bond motifs is 2. The molecule has 0 aromatic heterocycles. The third kappa shape index (κ3) is 1.83. The monoisotopic (exact) mass is 283 g/mol. The molecule has 2 nitrogen and oxygen atoms in total. The first-order valence-electron chi connectivity index (χ1n) is 6.32. The maximum atomic E-state index is 11.6. The molecule has 96 valence electrons.